The van der Waals surface area contributed by atoms with Crippen LogP contribution in [-0.2, 0) is 14.3 Å². The lowest BCUT2D eigenvalue weighted by Crippen LogP contribution is -2.43. The maximum Gasteiger partial charge on any atom is 0.310 e. The fourth-order valence-electron chi connectivity index (χ4n) is 3.93. The molecule has 33 heavy (non-hydrogen) atoms. The van der Waals surface area contributed by atoms with Gasteiger partial charge >= 0.3 is 5.97 Å². The number of carbonyl (C=O) groups is 2. The quantitative estimate of drug-likeness (QED) is 0.297. The normalized spacial score (nSPS) is 16.1. The zero-order valence-electron chi connectivity index (χ0n) is 19.2. The van der Waals surface area contributed by atoms with Gasteiger partial charge in [0.05, 0.1) is 22.6 Å². The summed E-state index contributed by atoms with van der Waals surface area (Å²) >= 11 is 14.8. The largest absolute Gasteiger partial charge is 0.466 e. The van der Waals surface area contributed by atoms with E-state index in [0.717, 1.165) is 16.2 Å². The Morgan fingerprint density at radius 2 is 1.88 bits per heavy atom. The van der Waals surface area contributed by atoms with E-state index in [-0.39, 0.29) is 23.4 Å². The predicted octanol–water partition coefficient (Wildman–Crippen LogP) is 7.08. The molecule has 0 radical (unpaired) electrons. The highest BCUT2D eigenvalue weighted by molar-refractivity contribution is 7.99. The molecule has 0 saturated carbocycles. The molecule has 0 aliphatic carbocycles. The maximum atomic E-state index is 13.2. The van der Waals surface area contributed by atoms with E-state index in [1.165, 1.54) is 5.56 Å². The van der Waals surface area contributed by atoms with Crippen molar-refractivity contribution in [2.24, 2.45) is 5.92 Å². The summed E-state index contributed by atoms with van der Waals surface area (Å²) in [7, 11) is 0. The molecule has 176 valence electrons. The van der Waals surface area contributed by atoms with Gasteiger partial charge in [0.25, 0.3) is 5.91 Å². The number of carbonyl (C=O) groups excluding carboxylic acids is 2. The smallest absolute Gasteiger partial charge is 0.310 e. The van der Waals surface area contributed by atoms with Crippen LogP contribution in [0.15, 0.2) is 52.8 Å². The minimum absolute atomic E-state index is 0.243. The average Bonchev–Trinajstić information content (AvgIpc) is 2.81. The first-order valence-electron chi connectivity index (χ1n) is 11.1. The third-order valence-electron chi connectivity index (χ3n) is 5.72. The molecule has 3 rings (SSSR count). The second-order valence-corrected chi connectivity index (χ2v) is 10.2. The van der Waals surface area contributed by atoms with Crippen molar-refractivity contribution in [3.05, 3.63) is 64.1 Å². The van der Waals surface area contributed by atoms with E-state index in [4.69, 9.17) is 27.9 Å². The summed E-state index contributed by atoms with van der Waals surface area (Å²) in [4.78, 5) is 28.9. The molecule has 2 aromatic rings. The van der Waals surface area contributed by atoms with Gasteiger partial charge in [-0.1, -0.05) is 79.7 Å². The van der Waals surface area contributed by atoms with Gasteiger partial charge in [0.2, 0.25) is 0 Å². The molecule has 1 fully saturated rings. The van der Waals surface area contributed by atoms with Crippen molar-refractivity contribution in [3.63, 3.8) is 0 Å². The monoisotopic (exact) mass is 505 g/mol. The minimum atomic E-state index is -0.311. The van der Waals surface area contributed by atoms with E-state index >= 15 is 0 Å². The number of ether oxygens (including phenoxy) is 1. The number of benzene rings is 2. The van der Waals surface area contributed by atoms with Crippen LogP contribution < -0.4 is 0 Å². The highest BCUT2D eigenvalue weighted by Crippen LogP contribution is 2.42. The van der Waals surface area contributed by atoms with E-state index in [1.807, 2.05) is 18.2 Å². The molecule has 1 aliphatic rings. The van der Waals surface area contributed by atoms with Gasteiger partial charge in [0.1, 0.15) is 0 Å². The maximum absolute atomic E-state index is 13.2. The van der Waals surface area contributed by atoms with Gasteiger partial charge in [-0.05, 0) is 43.4 Å². The van der Waals surface area contributed by atoms with E-state index in [9.17, 15) is 9.59 Å². The third-order valence-corrected chi connectivity index (χ3v) is 7.87. The van der Waals surface area contributed by atoms with Crippen molar-refractivity contribution in [2.75, 3.05) is 19.7 Å². The Labute approximate surface area is 210 Å². The lowest BCUT2D eigenvalue weighted by atomic mass is 9.96. The summed E-state index contributed by atoms with van der Waals surface area (Å²) < 4.78 is 5.13. The Morgan fingerprint density at radius 3 is 2.58 bits per heavy atom. The summed E-state index contributed by atoms with van der Waals surface area (Å²) in [5.74, 6) is -0.436. The SMILES string of the molecule is C=C(C(=O)N1CCCC(C(=O)OCC)C1)c1ccc(Sc2ccccc2C(C)C)c(Cl)c1Cl. The number of hydrogen-bond donors (Lipinski definition) is 0. The van der Waals surface area contributed by atoms with Gasteiger partial charge in [-0.3, -0.25) is 9.59 Å². The second-order valence-electron chi connectivity index (χ2n) is 8.35. The van der Waals surface area contributed by atoms with Gasteiger partial charge < -0.3 is 9.64 Å². The van der Waals surface area contributed by atoms with Crippen molar-refractivity contribution in [1.82, 2.24) is 4.90 Å². The van der Waals surface area contributed by atoms with E-state index in [2.05, 4.69) is 32.6 Å². The highest BCUT2D eigenvalue weighted by Gasteiger charge is 2.31. The van der Waals surface area contributed by atoms with E-state index in [1.54, 1.807) is 29.7 Å². The number of halogens is 2. The summed E-state index contributed by atoms with van der Waals surface area (Å²) in [6.45, 7) is 11.3. The highest BCUT2D eigenvalue weighted by atomic mass is 35.5. The van der Waals surface area contributed by atoms with Crippen molar-refractivity contribution in [2.45, 2.75) is 49.3 Å². The average molecular weight is 506 g/mol. The van der Waals surface area contributed by atoms with Gasteiger partial charge in [-0.15, -0.1) is 0 Å². The molecule has 1 saturated heterocycles. The zero-order valence-corrected chi connectivity index (χ0v) is 21.5. The predicted molar refractivity (Wildman–Crippen MR) is 136 cm³/mol. The van der Waals surface area contributed by atoms with Gasteiger partial charge in [-0.25, -0.2) is 0 Å². The van der Waals surface area contributed by atoms with Crippen LogP contribution in [0.3, 0.4) is 0 Å². The number of rotatable bonds is 7. The molecular formula is C26H29Cl2NO3S. The molecule has 0 spiro atoms. The van der Waals surface area contributed by atoms with Crippen LogP contribution in [0.2, 0.25) is 10.0 Å². The number of hydrogen-bond acceptors (Lipinski definition) is 4. The standard InChI is InChI=1S/C26H29Cl2NO3S/c1-5-32-26(31)18-9-8-14-29(15-18)25(30)17(4)20-12-13-22(24(28)23(20)27)33-21-11-7-6-10-19(21)16(2)3/h6-7,10-13,16,18H,4-5,8-9,14-15H2,1-3H3. The lowest BCUT2D eigenvalue weighted by molar-refractivity contribution is -0.150. The van der Waals surface area contributed by atoms with Crippen LogP contribution in [0.1, 0.15) is 50.7 Å². The van der Waals surface area contributed by atoms with Crippen LogP contribution in [0.5, 0.6) is 0 Å². The van der Waals surface area contributed by atoms with Crippen LogP contribution >= 0.6 is 35.0 Å². The Hall–Kier alpha value is -1.95. The molecule has 1 amide bonds. The van der Waals surface area contributed by atoms with E-state index < -0.39 is 0 Å². The van der Waals surface area contributed by atoms with Crippen LogP contribution in [0.4, 0.5) is 0 Å². The van der Waals surface area contributed by atoms with Gasteiger partial charge in [0.15, 0.2) is 0 Å². The van der Waals surface area contributed by atoms with Crippen molar-refractivity contribution >= 4 is 52.4 Å². The lowest BCUT2D eigenvalue weighted by Gasteiger charge is -2.32. The minimum Gasteiger partial charge on any atom is -0.466 e. The topological polar surface area (TPSA) is 46.6 Å². The van der Waals surface area contributed by atoms with Gasteiger partial charge in [-0.2, -0.15) is 0 Å². The molecule has 1 atom stereocenters. The Balaban J connectivity index is 1.79. The summed E-state index contributed by atoms with van der Waals surface area (Å²) in [6, 6.07) is 11.9. The van der Waals surface area contributed by atoms with Gasteiger partial charge in [0, 0.05) is 34.0 Å². The molecule has 7 heteroatoms. The van der Waals surface area contributed by atoms with Crippen LogP contribution in [0, 0.1) is 5.92 Å². The fraction of sp³-hybridized carbons (Fsp3) is 0.385. The molecule has 0 aromatic heterocycles. The molecule has 1 aliphatic heterocycles. The number of nitrogens with zero attached hydrogens (tertiary/aromatic N) is 1. The Bertz CT molecular complexity index is 1050. The van der Waals surface area contributed by atoms with E-state index in [0.29, 0.717) is 47.6 Å². The molecule has 4 nitrogen and oxygen atoms in total. The first kappa shape index (κ1) is 25.7. The second kappa shape index (κ2) is 11.5. The molecule has 0 bridgehead atoms. The number of esters is 1. The van der Waals surface area contributed by atoms with Crippen molar-refractivity contribution in [3.8, 4) is 0 Å². The first-order chi connectivity index (χ1) is 15.7. The summed E-state index contributed by atoms with van der Waals surface area (Å²) in [5, 5.41) is 0.704. The Morgan fingerprint density at radius 1 is 1.15 bits per heavy atom. The first-order valence-corrected chi connectivity index (χ1v) is 12.7. The fourth-order valence-corrected chi connectivity index (χ4v) is 5.68. The molecule has 0 N–H and O–H groups in total. The summed E-state index contributed by atoms with van der Waals surface area (Å²) in [5.41, 5.74) is 2.01. The Kier molecular flexibility index (Phi) is 8.91. The van der Waals surface area contributed by atoms with Crippen LogP contribution in [0.25, 0.3) is 5.57 Å². The number of amides is 1. The molecular weight excluding hydrogens is 477 g/mol. The summed E-state index contributed by atoms with van der Waals surface area (Å²) in [6.07, 6.45) is 1.45. The van der Waals surface area contributed by atoms with Crippen LogP contribution in [-0.4, -0.2) is 36.5 Å². The molecule has 2 aromatic carbocycles. The molecule has 1 heterocycles. The number of piperidine rings is 1. The zero-order chi connectivity index (χ0) is 24.1. The molecule has 1 unspecified atom stereocenters. The van der Waals surface area contributed by atoms with Crippen molar-refractivity contribution in [1.29, 1.82) is 0 Å². The number of likely N-dealkylation sites (tertiary alicyclic amines) is 1. The van der Waals surface area contributed by atoms with Crippen molar-refractivity contribution < 1.29 is 14.3 Å². The third kappa shape index (κ3) is 5.95.